The van der Waals surface area contributed by atoms with Crippen LogP contribution < -0.4 is 4.72 Å². The Balaban J connectivity index is 1.60. The van der Waals surface area contributed by atoms with Crippen LogP contribution in [0.15, 0.2) is 70.9 Å². The Hall–Kier alpha value is -2.48. The third-order valence-electron chi connectivity index (χ3n) is 5.04. The minimum absolute atomic E-state index is 0.113. The third-order valence-corrected chi connectivity index (χ3v) is 8.18. The van der Waals surface area contributed by atoms with Crippen LogP contribution >= 0.6 is 11.3 Å². The molecule has 3 aromatic rings. The van der Waals surface area contributed by atoms with Crippen molar-refractivity contribution in [2.45, 2.75) is 29.0 Å². The maximum atomic E-state index is 12.9. The van der Waals surface area contributed by atoms with Gasteiger partial charge in [0, 0.05) is 10.8 Å². The molecule has 144 valence electrons. The smallest absolute Gasteiger partial charge is 0.325 e. The summed E-state index contributed by atoms with van der Waals surface area (Å²) in [6.07, 6.45) is 0.238. The molecule has 1 aromatic heterocycles. The lowest BCUT2D eigenvalue weighted by Gasteiger charge is -2.14. The number of carbonyl (C=O) groups is 1. The van der Waals surface area contributed by atoms with Gasteiger partial charge in [-0.25, -0.2) is 8.42 Å². The van der Waals surface area contributed by atoms with Gasteiger partial charge in [-0.15, -0.1) is 11.3 Å². The molecule has 5 nitrogen and oxygen atoms in total. The highest BCUT2D eigenvalue weighted by molar-refractivity contribution is 7.91. The lowest BCUT2D eigenvalue weighted by atomic mass is 10.1. The van der Waals surface area contributed by atoms with Crippen LogP contribution in [0.3, 0.4) is 0 Å². The van der Waals surface area contributed by atoms with Crippen molar-refractivity contribution in [2.75, 3.05) is 0 Å². The fourth-order valence-electron chi connectivity index (χ4n) is 3.37. The molecule has 28 heavy (non-hydrogen) atoms. The van der Waals surface area contributed by atoms with Gasteiger partial charge in [0.2, 0.25) is 0 Å². The highest BCUT2D eigenvalue weighted by Gasteiger charge is 2.63. The summed E-state index contributed by atoms with van der Waals surface area (Å²) in [6, 6.07) is 20.2. The molecule has 0 saturated heterocycles. The second kappa shape index (κ2) is 6.84. The van der Waals surface area contributed by atoms with Gasteiger partial charge in [-0.3, -0.25) is 4.79 Å². The molecule has 2 atom stereocenters. The molecule has 1 aliphatic rings. The predicted molar refractivity (Wildman–Crippen MR) is 109 cm³/mol. The molecule has 0 aliphatic heterocycles. The molecule has 1 heterocycles. The first-order valence-electron chi connectivity index (χ1n) is 8.81. The number of thiophene rings is 1. The molecule has 7 heteroatoms. The summed E-state index contributed by atoms with van der Waals surface area (Å²) in [5.41, 5.74) is 1.38. The zero-order chi connectivity index (χ0) is 19.9. The summed E-state index contributed by atoms with van der Waals surface area (Å²) in [4.78, 5) is 12.7. The van der Waals surface area contributed by atoms with Crippen molar-refractivity contribution in [1.29, 1.82) is 0 Å². The largest absolute Gasteiger partial charge is 0.480 e. The summed E-state index contributed by atoms with van der Waals surface area (Å²) < 4.78 is 28.4. The Morgan fingerprint density at radius 2 is 1.75 bits per heavy atom. The van der Waals surface area contributed by atoms with Gasteiger partial charge in [-0.05, 0) is 36.6 Å². The van der Waals surface area contributed by atoms with E-state index in [0.29, 0.717) is 0 Å². The Morgan fingerprint density at radius 3 is 2.39 bits per heavy atom. The summed E-state index contributed by atoms with van der Waals surface area (Å²) in [6.45, 7) is 1.99. The molecular weight excluding hydrogens is 394 g/mol. The third kappa shape index (κ3) is 3.37. The fourth-order valence-corrected chi connectivity index (χ4v) is 6.09. The van der Waals surface area contributed by atoms with Crippen molar-refractivity contribution in [3.05, 3.63) is 77.9 Å². The van der Waals surface area contributed by atoms with E-state index in [1.165, 1.54) is 6.07 Å². The number of aliphatic carboxylic acids is 1. The van der Waals surface area contributed by atoms with Crippen molar-refractivity contribution in [3.8, 4) is 10.4 Å². The van der Waals surface area contributed by atoms with E-state index in [2.05, 4.69) is 4.72 Å². The van der Waals surface area contributed by atoms with E-state index >= 15 is 0 Å². The second-order valence-electron chi connectivity index (χ2n) is 7.03. The van der Waals surface area contributed by atoms with Gasteiger partial charge in [0.25, 0.3) is 10.0 Å². The number of rotatable bonds is 6. The number of carboxylic acids is 1. The molecule has 1 saturated carbocycles. The maximum absolute atomic E-state index is 12.9. The Bertz CT molecular complexity index is 1120. The van der Waals surface area contributed by atoms with Crippen LogP contribution in [0, 0.1) is 6.92 Å². The maximum Gasteiger partial charge on any atom is 0.325 e. The van der Waals surface area contributed by atoms with Crippen LogP contribution in [0.25, 0.3) is 10.4 Å². The topological polar surface area (TPSA) is 83.5 Å². The zero-order valence-corrected chi connectivity index (χ0v) is 16.8. The number of benzene rings is 2. The van der Waals surface area contributed by atoms with E-state index in [9.17, 15) is 18.3 Å². The quantitative estimate of drug-likeness (QED) is 0.640. The van der Waals surface area contributed by atoms with Crippen LogP contribution in [0.5, 0.6) is 0 Å². The summed E-state index contributed by atoms with van der Waals surface area (Å²) in [7, 11) is -3.95. The van der Waals surface area contributed by atoms with Crippen molar-refractivity contribution in [3.63, 3.8) is 0 Å². The molecule has 2 aromatic carbocycles. The number of sulfonamides is 1. The van der Waals surface area contributed by atoms with Gasteiger partial charge in [0.1, 0.15) is 9.75 Å². The van der Waals surface area contributed by atoms with E-state index in [4.69, 9.17) is 0 Å². The van der Waals surface area contributed by atoms with Crippen molar-refractivity contribution >= 4 is 27.3 Å². The van der Waals surface area contributed by atoms with Gasteiger partial charge < -0.3 is 5.11 Å². The molecule has 1 aliphatic carbocycles. The highest BCUT2D eigenvalue weighted by Crippen LogP contribution is 2.52. The number of carboxylic acid groups (broad SMARTS) is 1. The summed E-state index contributed by atoms with van der Waals surface area (Å²) >= 11 is 1.13. The zero-order valence-electron chi connectivity index (χ0n) is 15.1. The van der Waals surface area contributed by atoms with Gasteiger partial charge in [0.05, 0.1) is 0 Å². The van der Waals surface area contributed by atoms with E-state index in [1.54, 1.807) is 6.07 Å². The first-order valence-corrected chi connectivity index (χ1v) is 11.1. The standard InChI is InChI=1S/C21H19NO4S2/c1-14-7-9-16(10-8-14)18-11-12-19(27-18)28(25,26)22-21(20(23)24)13-17(21)15-5-3-2-4-6-15/h2-12,17,22H,13H2,1H3,(H,23,24). The molecule has 0 amide bonds. The fraction of sp³-hybridized carbons (Fsp3) is 0.190. The van der Waals surface area contributed by atoms with Gasteiger partial charge in [-0.1, -0.05) is 60.2 Å². The van der Waals surface area contributed by atoms with Crippen LogP contribution in [-0.2, 0) is 14.8 Å². The Labute approximate surface area is 167 Å². The van der Waals surface area contributed by atoms with Crippen LogP contribution in [0.1, 0.15) is 23.5 Å². The lowest BCUT2D eigenvalue weighted by Crippen LogP contribution is -2.44. The molecule has 2 unspecified atom stereocenters. The highest BCUT2D eigenvalue weighted by atomic mass is 32.2. The lowest BCUT2D eigenvalue weighted by molar-refractivity contribution is -0.140. The van der Waals surface area contributed by atoms with E-state index in [0.717, 1.165) is 32.9 Å². The van der Waals surface area contributed by atoms with Gasteiger partial charge >= 0.3 is 5.97 Å². The average Bonchev–Trinajstić information content (AvgIpc) is 3.17. The normalized spacial score (nSPS) is 21.4. The van der Waals surface area contributed by atoms with E-state index in [-0.39, 0.29) is 16.5 Å². The summed E-state index contributed by atoms with van der Waals surface area (Å²) in [5.74, 6) is -1.53. The Morgan fingerprint density at radius 1 is 1.07 bits per heavy atom. The Kier molecular flexibility index (Phi) is 4.61. The van der Waals surface area contributed by atoms with Crippen LogP contribution in [0.2, 0.25) is 0 Å². The SMILES string of the molecule is Cc1ccc(-c2ccc(S(=O)(=O)NC3(C(=O)O)CC3c3ccccc3)s2)cc1. The second-order valence-corrected chi connectivity index (χ2v) is 10.0. The molecular formula is C21H19NO4S2. The molecule has 0 bridgehead atoms. The van der Waals surface area contributed by atoms with Crippen LogP contribution in [0.4, 0.5) is 0 Å². The monoisotopic (exact) mass is 413 g/mol. The van der Waals surface area contributed by atoms with E-state index < -0.39 is 21.5 Å². The minimum atomic E-state index is -3.95. The molecule has 2 N–H and O–H groups in total. The first kappa shape index (κ1) is 18.9. The molecule has 4 rings (SSSR count). The van der Waals surface area contributed by atoms with Crippen molar-refractivity contribution < 1.29 is 18.3 Å². The average molecular weight is 414 g/mol. The van der Waals surface area contributed by atoms with Gasteiger partial charge in [0.15, 0.2) is 0 Å². The number of hydrogen-bond donors (Lipinski definition) is 2. The molecule has 0 spiro atoms. The van der Waals surface area contributed by atoms with Crippen molar-refractivity contribution in [1.82, 2.24) is 4.72 Å². The minimum Gasteiger partial charge on any atom is -0.480 e. The van der Waals surface area contributed by atoms with Crippen molar-refractivity contribution in [2.24, 2.45) is 0 Å². The number of hydrogen-bond acceptors (Lipinski definition) is 4. The van der Waals surface area contributed by atoms with E-state index in [1.807, 2.05) is 61.5 Å². The molecule has 0 radical (unpaired) electrons. The summed E-state index contributed by atoms with van der Waals surface area (Å²) in [5, 5.41) is 9.73. The first-order chi connectivity index (χ1) is 13.3. The molecule has 1 fully saturated rings. The number of nitrogens with one attached hydrogen (secondary N) is 1. The van der Waals surface area contributed by atoms with Crippen LogP contribution in [-0.4, -0.2) is 25.0 Å². The van der Waals surface area contributed by atoms with Gasteiger partial charge in [-0.2, -0.15) is 4.72 Å². The predicted octanol–water partition coefficient (Wildman–Crippen LogP) is 4.01. The number of aryl methyl sites for hydroxylation is 1.